The molecule has 170 valence electrons. The van der Waals surface area contributed by atoms with Crippen LogP contribution in [0, 0.1) is 11.8 Å². The predicted molar refractivity (Wildman–Crippen MR) is 123 cm³/mol. The van der Waals surface area contributed by atoms with Crippen LogP contribution in [-0.2, 0) is 9.59 Å². The largest absolute Gasteiger partial charge is 0.495 e. The number of ether oxygens (including phenoxy) is 1. The van der Waals surface area contributed by atoms with E-state index in [2.05, 4.69) is 34.4 Å². The summed E-state index contributed by atoms with van der Waals surface area (Å²) in [6, 6.07) is 4.81. The fourth-order valence-corrected chi connectivity index (χ4v) is 4.74. The lowest BCUT2D eigenvalue weighted by Crippen LogP contribution is -2.42. The number of hydrogen-bond acceptors (Lipinski definition) is 6. The Hall–Kier alpha value is -3.07. The number of halogens is 1. The molecular weight excluding hydrogens is 434 g/mol. The summed E-state index contributed by atoms with van der Waals surface area (Å²) < 4.78 is 5.26. The molecule has 1 saturated heterocycles. The first-order valence-electron chi connectivity index (χ1n) is 10.6. The SMILES string of the molecule is COc1ccc(Cl)cc1NC(=O)[C@H]1CC(=O)Nc2nc(N3C[C@H](C)C[C@@H](C)C3)[nH]c(=O)c21. The molecule has 3 heterocycles. The molecule has 9 nitrogen and oxygen atoms in total. The average Bonchev–Trinajstić information content (AvgIpc) is 2.72. The monoisotopic (exact) mass is 459 g/mol. The van der Waals surface area contributed by atoms with Crippen LogP contribution in [-0.4, -0.2) is 42.0 Å². The van der Waals surface area contributed by atoms with E-state index >= 15 is 0 Å². The van der Waals surface area contributed by atoms with Gasteiger partial charge in [0, 0.05) is 24.5 Å². The number of nitrogens with zero attached hydrogens (tertiary/aromatic N) is 2. The number of piperidine rings is 1. The summed E-state index contributed by atoms with van der Waals surface area (Å²) in [6.07, 6.45) is 0.946. The maximum Gasteiger partial charge on any atom is 0.258 e. The third-order valence-electron chi connectivity index (χ3n) is 5.84. The van der Waals surface area contributed by atoms with Gasteiger partial charge in [-0.2, -0.15) is 4.98 Å². The zero-order valence-electron chi connectivity index (χ0n) is 18.2. The van der Waals surface area contributed by atoms with Crippen molar-refractivity contribution in [3.05, 3.63) is 39.1 Å². The van der Waals surface area contributed by atoms with E-state index in [-0.39, 0.29) is 23.7 Å². The summed E-state index contributed by atoms with van der Waals surface area (Å²) in [5.41, 5.74) is 0.0638. The number of H-pyrrole nitrogens is 1. The van der Waals surface area contributed by atoms with Gasteiger partial charge in [-0.3, -0.25) is 19.4 Å². The second kappa shape index (κ2) is 8.82. The fraction of sp³-hybridized carbons (Fsp3) is 0.455. The van der Waals surface area contributed by atoms with Gasteiger partial charge in [0.15, 0.2) is 0 Å². The Bertz CT molecular complexity index is 1110. The Morgan fingerprint density at radius 3 is 2.66 bits per heavy atom. The first-order chi connectivity index (χ1) is 15.2. The van der Waals surface area contributed by atoms with Crippen molar-refractivity contribution in [2.24, 2.45) is 11.8 Å². The molecule has 2 aromatic rings. The highest BCUT2D eigenvalue weighted by atomic mass is 35.5. The number of hydrogen-bond donors (Lipinski definition) is 3. The molecule has 2 aliphatic heterocycles. The second-order valence-corrected chi connectivity index (χ2v) is 9.08. The van der Waals surface area contributed by atoms with Crippen molar-refractivity contribution in [2.45, 2.75) is 32.6 Å². The van der Waals surface area contributed by atoms with Gasteiger partial charge >= 0.3 is 0 Å². The highest BCUT2D eigenvalue weighted by Gasteiger charge is 2.36. The third kappa shape index (κ3) is 4.43. The lowest BCUT2D eigenvalue weighted by atomic mass is 9.91. The van der Waals surface area contributed by atoms with Crippen LogP contribution < -0.4 is 25.8 Å². The van der Waals surface area contributed by atoms with E-state index in [1.54, 1.807) is 18.2 Å². The fourth-order valence-electron chi connectivity index (χ4n) is 4.57. The molecule has 2 amide bonds. The molecule has 0 radical (unpaired) electrons. The van der Waals surface area contributed by atoms with Crippen LogP contribution in [0.15, 0.2) is 23.0 Å². The van der Waals surface area contributed by atoms with Gasteiger partial charge in [0.1, 0.15) is 11.6 Å². The van der Waals surface area contributed by atoms with Crippen molar-refractivity contribution in [1.29, 1.82) is 0 Å². The Kier molecular flexibility index (Phi) is 6.10. The zero-order valence-corrected chi connectivity index (χ0v) is 19.0. The topological polar surface area (TPSA) is 116 Å². The van der Waals surface area contributed by atoms with Crippen LogP contribution in [0.4, 0.5) is 17.5 Å². The van der Waals surface area contributed by atoms with Gasteiger partial charge < -0.3 is 20.3 Å². The minimum absolute atomic E-state index is 0.129. The van der Waals surface area contributed by atoms with E-state index in [1.807, 2.05) is 4.90 Å². The van der Waals surface area contributed by atoms with Gasteiger partial charge in [-0.05, 0) is 36.5 Å². The highest BCUT2D eigenvalue weighted by Crippen LogP contribution is 2.33. The number of nitrogens with one attached hydrogen (secondary N) is 3. The van der Waals surface area contributed by atoms with Gasteiger partial charge in [0.2, 0.25) is 17.8 Å². The minimum atomic E-state index is -0.994. The van der Waals surface area contributed by atoms with Gasteiger partial charge in [-0.15, -0.1) is 0 Å². The number of amides is 2. The van der Waals surface area contributed by atoms with Crippen molar-refractivity contribution < 1.29 is 14.3 Å². The van der Waals surface area contributed by atoms with Crippen LogP contribution in [0.3, 0.4) is 0 Å². The first kappa shape index (κ1) is 22.1. The number of aromatic nitrogens is 2. The highest BCUT2D eigenvalue weighted by molar-refractivity contribution is 6.31. The molecule has 3 N–H and O–H groups in total. The van der Waals surface area contributed by atoms with Crippen LogP contribution >= 0.6 is 11.6 Å². The normalized spacial score (nSPS) is 22.7. The predicted octanol–water partition coefficient (Wildman–Crippen LogP) is 2.98. The molecule has 0 bridgehead atoms. The molecule has 0 spiro atoms. The molecular formula is C22H26ClN5O4. The van der Waals surface area contributed by atoms with Crippen LogP contribution in [0.5, 0.6) is 5.75 Å². The van der Waals surface area contributed by atoms with Crippen LogP contribution in [0.1, 0.15) is 38.2 Å². The molecule has 32 heavy (non-hydrogen) atoms. The third-order valence-corrected chi connectivity index (χ3v) is 6.08. The zero-order chi connectivity index (χ0) is 23.0. The summed E-state index contributed by atoms with van der Waals surface area (Å²) in [7, 11) is 1.47. The molecule has 2 aliphatic rings. The Morgan fingerprint density at radius 1 is 1.25 bits per heavy atom. The lowest BCUT2D eigenvalue weighted by Gasteiger charge is -2.35. The van der Waals surface area contributed by atoms with Crippen molar-refractivity contribution >= 4 is 40.9 Å². The number of rotatable bonds is 4. The van der Waals surface area contributed by atoms with Crippen molar-refractivity contribution in [3.63, 3.8) is 0 Å². The number of anilines is 3. The van der Waals surface area contributed by atoms with Crippen LogP contribution in [0.25, 0.3) is 0 Å². The summed E-state index contributed by atoms with van der Waals surface area (Å²) in [5.74, 6) is -0.0103. The first-order valence-corrected chi connectivity index (χ1v) is 11.0. The molecule has 1 aromatic carbocycles. The van der Waals surface area contributed by atoms with Gasteiger partial charge in [-0.25, -0.2) is 0 Å². The summed E-state index contributed by atoms with van der Waals surface area (Å²) >= 11 is 6.04. The Labute approximate surface area is 190 Å². The number of carbonyl (C=O) groups excluding carboxylic acids is 2. The van der Waals surface area contributed by atoms with E-state index in [0.717, 1.165) is 19.5 Å². The molecule has 1 aromatic heterocycles. The molecule has 3 atom stereocenters. The van der Waals surface area contributed by atoms with Gasteiger partial charge in [0.25, 0.3) is 5.56 Å². The number of benzene rings is 1. The van der Waals surface area contributed by atoms with E-state index < -0.39 is 17.4 Å². The number of methoxy groups -OCH3 is 1. The average molecular weight is 460 g/mol. The molecule has 0 aliphatic carbocycles. The Morgan fingerprint density at radius 2 is 1.97 bits per heavy atom. The second-order valence-electron chi connectivity index (χ2n) is 8.64. The summed E-state index contributed by atoms with van der Waals surface area (Å²) in [6.45, 7) is 5.84. The maximum atomic E-state index is 13.1. The smallest absolute Gasteiger partial charge is 0.258 e. The number of aromatic amines is 1. The van der Waals surface area contributed by atoms with Crippen molar-refractivity contribution in [1.82, 2.24) is 9.97 Å². The van der Waals surface area contributed by atoms with E-state index in [1.165, 1.54) is 7.11 Å². The Balaban J connectivity index is 1.66. The van der Waals surface area contributed by atoms with Crippen molar-refractivity contribution in [3.8, 4) is 5.75 Å². The van der Waals surface area contributed by atoms with Crippen LogP contribution in [0.2, 0.25) is 5.02 Å². The maximum absolute atomic E-state index is 13.1. The molecule has 1 fully saturated rings. The minimum Gasteiger partial charge on any atom is -0.495 e. The molecule has 10 heteroatoms. The summed E-state index contributed by atoms with van der Waals surface area (Å²) in [4.78, 5) is 47.9. The van der Waals surface area contributed by atoms with Crippen molar-refractivity contribution in [2.75, 3.05) is 35.7 Å². The van der Waals surface area contributed by atoms with Gasteiger partial charge in [-0.1, -0.05) is 25.4 Å². The molecule has 4 rings (SSSR count). The quantitative estimate of drug-likeness (QED) is 0.647. The lowest BCUT2D eigenvalue weighted by molar-refractivity contribution is -0.123. The standard InChI is InChI=1S/C22H26ClN5O4/c1-11-6-12(2)10-28(9-11)22-26-19-18(21(31)27-22)14(8-17(29)25-19)20(30)24-15-7-13(23)4-5-16(15)32-3/h4-5,7,11-12,14H,6,8-10H2,1-3H3,(H,24,30)(H2,25,26,27,29,31)/t11-,12-,14+/m1/s1. The van der Waals surface area contributed by atoms with E-state index in [0.29, 0.717) is 34.2 Å². The number of fused-ring (bicyclic) bond motifs is 1. The van der Waals surface area contributed by atoms with Gasteiger partial charge in [0.05, 0.1) is 24.3 Å². The number of carbonyl (C=O) groups is 2. The summed E-state index contributed by atoms with van der Waals surface area (Å²) in [5, 5.41) is 5.81. The van der Waals surface area contributed by atoms with E-state index in [4.69, 9.17) is 16.3 Å². The molecule has 0 unspecified atom stereocenters. The molecule has 0 saturated carbocycles. The van der Waals surface area contributed by atoms with E-state index in [9.17, 15) is 14.4 Å².